The molecule has 7 heteroatoms. The second-order valence-corrected chi connectivity index (χ2v) is 9.18. The summed E-state index contributed by atoms with van der Waals surface area (Å²) in [5.74, 6) is 1.40. The van der Waals surface area contributed by atoms with Crippen LogP contribution in [0.2, 0.25) is 0 Å². The third kappa shape index (κ3) is 3.34. The molecule has 2 aliphatic heterocycles. The monoisotopic (exact) mass is 447 g/mol. The number of fused-ring (bicyclic) bond motifs is 4. The predicted octanol–water partition coefficient (Wildman–Crippen LogP) is 3.53. The van der Waals surface area contributed by atoms with E-state index in [2.05, 4.69) is 24.9 Å². The second kappa shape index (κ2) is 8.14. The van der Waals surface area contributed by atoms with E-state index >= 15 is 0 Å². The Morgan fingerprint density at radius 2 is 1.85 bits per heavy atom. The average molecular weight is 448 g/mol. The molecule has 1 N–H and O–H groups in total. The number of rotatable bonds is 5. The van der Waals surface area contributed by atoms with Gasteiger partial charge in [0.2, 0.25) is 11.8 Å². The molecule has 0 aliphatic carbocycles. The molecular formula is C26H29N3O4. The number of carbonyl (C=O) groups excluding carboxylic acids is 2. The Bertz CT molecular complexity index is 1230. The molecular weight excluding hydrogens is 418 g/mol. The van der Waals surface area contributed by atoms with E-state index in [1.54, 1.807) is 24.0 Å². The number of hydrogen-bond acceptors (Lipinski definition) is 4. The van der Waals surface area contributed by atoms with Gasteiger partial charge in [0.15, 0.2) is 11.5 Å². The minimum atomic E-state index is -0.558. The molecule has 5 rings (SSSR count). The number of H-pyrrole nitrogens is 1. The van der Waals surface area contributed by atoms with Crippen LogP contribution in [0.5, 0.6) is 11.5 Å². The van der Waals surface area contributed by atoms with Crippen molar-refractivity contribution in [3.8, 4) is 11.5 Å². The highest BCUT2D eigenvalue weighted by Gasteiger charge is 2.49. The van der Waals surface area contributed by atoms with Crippen LogP contribution in [0.25, 0.3) is 10.9 Å². The Labute approximate surface area is 193 Å². The number of nitrogens with one attached hydrogen (secondary N) is 1. The number of methoxy groups -OCH3 is 2. The standard InChI is InChI=1S/C26H29N3O4/c1-15(2)13-28-14-22(30)29-20(26(28)31)12-18-16-8-5-6-10-19(16)27-23(18)24(29)17-9-7-11-21(32-3)25(17)33-4/h5-11,15,20,24,27H,12-14H2,1-4H3/t20-,24?/m0/s1. The van der Waals surface area contributed by atoms with Gasteiger partial charge in [-0.25, -0.2) is 0 Å². The maximum absolute atomic E-state index is 13.6. The summed E-state index contributed by atoms with van der Waals surface area (Å²) in [6.45, 7) is 4.79. The molecule has 172 valence electrons. The molecule has 3 heterocycles. The molecule has 2 atom stereocenters. The van der Waals surface area contributed by atoms with Gasteiger partial charge in [-0.2, -0.15) is 0 Å². The van der Waals surface area contributed by atoms with Crippen molar-refractivity contribution in [3.63, 3.8) is 0 Å². The van der Waals surface area contributed by atoms with Crippen LogP contribution in [0, 0.1) is 5.92 Å². The minimum absolute atomic E-state index is 0.00564. The highest BCUT2D eigenvalue weighted by atomic mass is 16.5. The van der Waals surface area contributed by atoms with E-state index in [1.807, 2.05) is 36.4 Å². The van der Waals surface area contributed by atoms with E-state index in [4.69, 9.17) is 9.47 Å². The van der Waals surface area contributed by atoms with Crippen LogP contribution in [0.4, 0.5) is 0 Å². The number of amides is 2. The number of aromatic amines is 1. The fraction of sp³-hybridized carbons (Fsp3) is 0.385. The van der Waals surface area contributed by atoms with Crippen LogP contribution in [0.1, 0.15) is 36.7 Å². The van der Waals surface area contributed by atoms with Crippen molar-refractivity contribution in [1.82, 2.24) is 14.8 Å². The molecule has 33 heavy (non-hydrogen) atoms. The molecule has 1 aromatic heterocycles. The maximum atomic E-state index is 13.6. The lowest BCUT2D eigenvalue weighted by Crippen LogP contribution is -2.63. The van der Waals surface area contributed by atoms with Crippen molar-refractivity contribution < 1.29 is 19.1 Å². The molecule has 0 bridgehead atoms. The highest BCUT2D eigenvalue weighted by molar-refractivity contribution is 5.97. The van der Waals surface area contributed by atoms with Gasteiger partial charge in [0.1, 0.15) is 12.1 Å². The van der Waals surface area contributed by atoms with E-state index in [0.29, 0.717) is 24.5 Å². The summed E-state index contributed by atoms with van der Waals surface area (Å²) in [6.07, 6.45) is 0.487. The normalized spacial score (nSPS) is 20.3. The van der Waals surface area contributed by atoms with Gasteiger partial charge in [0.25, 0.3) is 0 Å². The summed E-state index contributed by atoms with van der Waals surface area (Å²) in [7, 11) is 3.19. The molecule has 0 saturated carbocycles. The zero-order valence-corrected chi connectivity index (χ0v) is 19.4. The summed E-state index contributed by atoms with van der Waals surface area (Å²) < 4.78 is 11.3. The van der Waals surface area contributed by atoms with Crippen molar-refractivity contribution in [1.29, 1.82) is 0 Å². The zero-order valence-electron chi connectivity index (χ0n) is 19.4. The SMILES string of the molecule is COc1cccc(C2c3[nH]c4ccccc4c3C[C@H]3C(=O)N(CC(C)C)CC(=O)N23)c1OC. The maximum Gasteiger partial charge on any atom is 0.246 e. The third-order valence-electron chi connectivity index (χ3n) is 6.66. The van der Waals surface area contributed by atoms with Crippen molar-refractivity contribution in [3.05, 3.63) is 59.3 Å². The summed E-state index contributed by atoms with van der Waals surface area (Å²) in [5, 5.41) is 1.08. The van der Waals surface area contributed by atoms with Crippen molar-refractivity contribution in [2.45, 2.75) is 32.4 Å². The summed E-state index contributed by atoms with van der Waals surface area (Å²) >= 11 is 0. The average Bonchev–Trinajstić information content (AvgIpc) is 3.18. The third-order valence-corrected chi connectivity index (χ3v) is 6.66. The topological polar surface area (TPSA) is 74.9 Å². The first-order chi connectivity index (χ1) is 15.9. The molecule has 1 unspecified atom stereocenters. The number of hydrogen-bond donors (Lipinski definition) is 1. The van der Waals surface area contributed by atoms with Gasteiger partial charge in [-0.05, 0) is 23.6 Å². The largest absolute Gasteiger partial charge is 0.493 e. The fourth-order valence-corrected chi connectivity index (χ4v) is 5.37. The Kier molecular flexibility index (Phi) is 5.27. The smallest absolute Gasteiger partial charge is 0.246 e. The van der Waals surface area contributed by atoms with Gasteiger partial charge >= 0.3 is 0 Å². The quantitative estimate of drug-likeness (QED) is 0.649. The van der Waals surface area contributed by atoms with Crippen LogP contribution in [-0.2, 0) is 16.0 Å². The van der Waals surface area contributed by atoms with Crippen molar-refractivity contribution >= 4 is 22.7 Å². The molecule has 1 fully saturated rings. The predicted molar refractivity (Wildman–Crippen MR) is 125 cm³/mol. The molecule has 2 amide bonds. The van der Waals surface area contributed by atoms with Crippen molar-refractivity contribution in [2.75, 3.05) is 27.3 Å². The number of piperazine rings is 1. The van der Waals surface area contributed by atoms with Gasteiger partial charge in [-0.15, -0.1) is 0 Å². The summed E-state index contributed by atoms with van der Waals surface area (Å²) in [6, 6.07) is 12.7. The molecule has 3 aromatic rings. The summed E-state index contributed by atoms with van der Waals surface area (Å²) in [5.41, 5.74) is 3.80. The first-order valence-electron chi connectivity index (χ1n) is 11.3. The van der Waals surface area contributed by atoms with E-state index in [9.17, 15) is 9.59 Å². The molecule has 7 nitrogen and oxygen atoms in total. The van der Waals surface area contributed by atoms with Gasteiger partial charge in [0.05, 0.1) is 20.8 Å². The molecule has 2 aliphatic rings. The number of carbonyl (C=O) groups is 2. The van der Waals surface area contributed by atoms with Gasteiger partial charge in [-0.1, -0.05) is 44.2 Å². The molecule has 0 radical (unpaired) electrons. The van der Waals surface area contributed by atoms with E-state index in [-0.39, 0.29) is 24.3 Å². The van der Waals surface area contributed by atoms with Crippen molar-refractivity contribution in [2.24, 2.45) is 5.92 Å². The van der Waals surface area contributed by atoms with E-state index in [0.717, 1.165) is 27.7 Å². The van der Waals surface area contributed by atoms with Gasteiger partial charge in [0, 0.05) is 35.1 Å². The lowest BCUT2D eigenvalue weighted by atomic mass is 9.85. The number of aromatic nitrogens is 1. The van der Waals surface area contributed by atoms with E-state index in [1.165, 1.54) is 0 Å². The van der Waals surface area contributed by atoms with Crippen LogP contribution >= 0.6 is 0 Å². The number of benzene rings is 2. The number of nitrogens with zero attached hydrogens (tertiary/aromatic N) is 2. The Hall–Kier alpha value is -3.48. The van der Waals surface area contributed by atoms with Gasteiger partial charge < -0.3 is 24.3 Å². The van der Waals surface area contributed by atoms with Crippen LogP contribution in [-0.4, -0.2) is 59.9 Å². The molecule has 0 spiro atoms. The lowest BCUT2D eigenvalue weighted by Gasteiger charge is -2.47. The Balaban J connectivity index is 1.73. The highest BCUT2D eigenvalue weighted by Crippen LogP contribution is 2.46. The lowest BCUT2D eigenvalue weighted by molar-refractivity contribution is -0.159. The van der Waals surface area contributed by atoms with Gasteiger partial charge in [-0.3, -0.25) is 9.59 Å². The first kappa shape index (κ1) is 21.4. The van der Waals surface area contributed by atoms with Crippen LogP contribution in [0.3, 0.4) is 0 Å². The molecule has 2 aromatic carbocycles. The number of para-hydroxylation sites is 2. The fourth-order valence-electron chi connectivity index (χ4n) is 5.37. The van der Waals surface area contributed by atoms with E-state index < -0.39 is 12.1 Å². The first-order valence-corrected chi connectivity index (χ1v) is 11.3. The van der Waals surface area contributed by atoms with Crippen LogP contribution < -0.4 is 9.47 Å². The summed E-state index contributed by atoms with van der Waals surface area (Å²) in [4.78, 5) is 34.2. The second-order valence-electron chi connectivity index (χ2n) is 9.18. The minimum Gasteiger partial charge on any atom is -0.493 e. The zero-order chi connectivity index (χ0) is 23.3. The molecule has 1 saturated heterocycles. The Morgan fingerprint density at radius 1 is 1.06 bits per heavy atom. The number of ether oxygens (including phenoxy) is 2. The Morgan fingerprint density at radius 3 is 2.58 bits per heavy atom. The van der Waals surface area contributed by atoms with Crippen LogP contribution in [0.15, 0.2) is 42.5 Å².